The summed E-state index contributed by atoms with van der Waals surface area (Å²) in [6.07, 6.45) is 7.18. The quantitative estimate of drug-likeness (QED) is 0.656. The number of rotatable bonds is 4. The van der Waals surface area contributed by atoms with Crippen LogP contribution in [0.5, 0.6) is 5.75 Å². The van der Waals surface area contributed by atoms with Gasteiger partial charge in [0.15, 0.2) is 0 Å². The molecule has 20 heavy (non-hydrogen) atoms. The van der Waals surface area contributed by atoms with E-state index < -0.39 is 6.04 Å². The first-order chi connectivity index (χ1) is 9.70. The van der Waals surface area contributed by atoms with Gasteiger partial charge in [0.2, 0.25) is 0 Å². The van der Waals surface area contributed by atoms with E-state index in [9.17, 15) is 9.90 Å². The van der Waals surface area contributed by atoms with Crippen LogP contribution in [0.15, 0.2) is 24.3 Å². The lowest BCUT2D eigenvalue weighted by Crippen LogP contribution is -2.37. The summed E-state index contributed by atoms with van der Waals surface area (Å²) in [5.74, 6) is -0.0771. The zero-order valence-corrected chi connectivity index (χ0v) is 12.0. The highest BCUT2D eigenvalue weighted by molar-refractivity contribution is 5.77. The SMILES string of the molecule is COC(=O)C(NC1CCCCCC1)c1ccc(O)cc1. The summed E-state index contributed by atoms with van der Waals surface area (Å²) in [7, 11) is 1.41. The van der Waals surface area contributed by atoms with Gasteiger partial charge in [0, 0.05) is 6.04 Å². The third-order valence-corrected chi connectivity index (χ3v) is 3.92. The number of carbonyl (C=O) groups excluding carboxylic acids is 1. The van der Waals surface area contributed by atoms with Crippen molar-refractivity contribution in [2.24, 2.45) is 0 Å². The van der Waals surface area contributed by atoms with Crippen LogP contribution in [0, 0.1) is 0 Å². The lowest BCUT2D eigenvalue weighted by atomic mass is 10.0. The molecule has 4 nitrogen and oxygen atoms in total. The molecule has 0 aliphatic heterocycles. The van der Waals surface area contributed by atoms with Gasteiger partial charge in [0.1, 0.15) is 11.8 Å². The number of nitrogens with one attached hydrogen (secondary N) is 1. The number of hydrogen-bond acceptors (Lipinski definition) is 4. The number of methoxy groups -OCH3 is 1. The molecule has 1 aliphatic carbocycles. The maximum absolute atomic E-state index is 12.0. The molecular weight excluding hydrogens is 254 g/mol. The van der Waals surface area contributed by atoms with Crippen LogP contribution >= 0.6 is 0 Å². The van der Waals surface area contributed by atoms with Gasteiger partial charge in [-0.05, 0) is 30.5 Å². The third kappa shape index (κ3) is 3.97. The Balaban J connectivity index is 2.10. The summed E-state index contributed by atoms with van der Waals surface area (Å²) < 4.78 is 4.91. The molecular formula is C16H23NO3. The van der Waals surface area contributed by atoms with Crippen molar-refractivity contribution in [3.05, 3.63) is 29.8 Å². The van der Waals surface area contributed by atoms with Crippen molar-refractivity contribution < 1.29 is 14.6 Å². The summed E-state index contributed by atoms with van der Waals surface area (Å²) in [5.41, 5.74) is 0.832. The number of phenols is 1. The second-order valence-electron chi connectivity index (χ2n) is 5.40. The van der Waals surface area contributed by atoms with Crippen LogP contribution in [0.2, 0.25) is 0 Å². The number of hydrogen-bond donors (Lipinski definition) is 2. The molecule has 1 aliphatic rings. The Hall–Kier alpha value is -1.55. The molecule has 0 saturated heterocycles. The summed E-state index contributed by atoms with van der Waals surface area (Å²) in [6.45, 7) is 0. The second kappa shape index (κ2) is 7.29. The van der Waals surface area contributed by atoms with Gasteiger partial charge < -0.3 is 9.84 Å². The summed E-state index contributed by atoms with van der Waals surface area (Å²) in [4.78, 5) is 12.0. The minimum Gasteiger partial charge on any atom is -0.508 e. The summed E-state index contributed by atoms with van der Waals surface area (Å²) in [6, 6.07) is 6.63. The number of benzene rings is 1. The molecule has 4 heteroatoms. The fraction of sp³-hybridized carbons (Fsp3) is 0.562. The Morgan fingerprint density at radius 1 is 1.20 bits per heavy atom. The molecule has 0 heterocycles. The average Bonchev–Trinajstić information content (AvgIpc) is 2.74. The predicted octanol–water partition coefficient (Wildman–Crippen LogP) is 2.92. The lowest BCUT2D eigenvalue weighted by molar-refractivity contribution is -0.143. The molecule has 0 spiro atoms. The first-order valence-electron chi connectivity index (χ1n) is 7.33. The lowest BCUT2D eigenvalue weighted by Gasteiger charge is -2.23. The van der Waals surface area contributed by atoms with Crippen LogP contribution in [-0.2, 0) is 9.53 Å². The van der Waals surface area contributed by atoms with E-state index in [1.165, 1.54) is 32.8 Å². The Kier molecular flexibility index (Phi) is 5.41. The summed E-state index contributed by atoms with van der Waals surface area (Å²) in [5, 5.41) is 12.8. The molecule has 1 atom stereocenters. The summed E-state index contributed by atoms with van der Waals surface area (Å²) >= 11 is 0. The molecule has 2 rings (SSSR count). The molecule has 1 unspecified atom stereocenters. The molecule has 1 saturated carbocycles. The highest BCUT2D eigenvalue weighted by Gasteiger charge is 2.25. The van der Waals surface area contributed by atoms with Crippen LogP contribution in [0.25, 0.3) is 0 Å². The number of aromatic hydroxyl groups is 1. The minimum absolute atomic E-state index is 0.201. The van der Waals surface area contributed by atoms with Crippen molar-refractivity contribution in [2.45, 2.75) is 50.6 Å². The number of phenolic OH excluding ortho intramolecular Hbond substituents is 1. The standard InChI is InChI=1S/C16H23NO3/c1-20-16(19)15(12-8-10-14(18)11-9-12)17-13-6-4-2-3-5-7-13/h8-11,13,15,17-18H,2-7H2,1H3. The minimum atomic E-state index is -0.455. The Labute approximate surface area is 120 Å². The Morgan fingerprint density at radius 3 is 2.35 bits per heavy atom. The molecule has 110 valence electrons. The van der Waals surface area contributed by atoms with E-state index in [0.717, 1.165) is 18.4 Å². The van der Waals surface area contributed by atoms with E-state index in [4.69, 9.17) is 4.74 Å². The van der Waals surface area contributed by atoms with Gasteiger partial charge in [0.05, 0.1) is 7.11 Å². The normalized spacial score (nSPS) is 18.2. The monoisotopic (exact) mass is 277 g/mol. The van der Waals surface area contributed by atoms with Crippen molar-refractivity contribution in [3.63, 3.8) is 0 Å². The van der Waals surface area contributed by atoms with E-state index in [1.54, 1.807) is 24.3 Å². The zero-order chi connectivity index (χ0) is 14.4. The maximum Gasteiger partial charge on any atom is 0.327 e. The Bertz CT molecular complexity index is 422. The fourth-order valence-corrected chi connectivity index (χ4v) is 2.77. The number of carbonyl (C=O) groups is 1. The van der Waals surface area contributed by atoms with Gasteiger partial charge in [-0.2, -0.15) is 0 Å². The molecule has 1 fully saturated rings. The largest absolute Gasteiger partial charge is 0.508 e. The van der Waals surface area contributed by atoms with Gasteiger partial charge in [-0.25, -0.2) is 4.79 Å². The van der Waals surface area contributed by atoms with Gasteiger partial charge in [-0.3, -0.25) is 5.32 Å². The fourth-order valence-electron chi connectivity index (χ4n) is 2.77. The molecule has 0 aromatic heterocycles. The van der Waals surface area contributed by atoms with Crippen LogP contribution < -0.4 is 5.32 Å². The van der Waals surface area contributed by atoms with E-state index >= 15 is 0 Å². The number of esters is 1. The first-order valence-corrected chi connectivity index (χ1v) is 7.33. The molecule has 1 aromatic rings. The average molecular weight is 277 g/mol. The van der Waals surface area contributed by atoms with Crippen LogP contribution in [0.4, 0.5) is 0 Å². The van der Waals surface area contributed by atoms with Crippen molar-refractivity contribution in [3.8, 4) is 5.75 Å². The predicted molar refractivity (Wildman–Crippen MR) is 77.5 cm³/mol. The highest BCUT2D eigenvalue weighted by atomic mass is 16.5. The van der Waals surface area contributed by atoms with Crippen molar-refractivity contribution >= 4 is 5.97 Å². The maximum atomic E-state index is 12.0. The zero-order valence-electron chi connectivity index (χ0n) is 12.0. The van der Waals surface area contributed by atoms with Gasteiger partial charge in [-0.1, -0.05) is 37.8 Å². The molecule has 2 N–H and O–H groups in total. The van der Waals surface area contributed by atoms with Crippen LogP contribution in [0.3, 0.4) is 0 Å². The van der Waals surface area contributed by atoms with E-state index in [-0.39, 0.29) is 11.7 Å². The molecule has 0 radical (unpaired) electrons. The van der Waals surface area contributed by atoms with E-state index in [0.29, 0.717) is 6.04 Å². The molecule has 1 aromatic carbocycles. The first kappa shape index (κ1) is 14.9. The van der Waals surface area contributed by atoms with Gasteiger partial charge in [-0.15, -0.1) is 0 Å². The highest BCUT2D eigenvalue weighted by Crippen LogP contribution is 2.23. The van der Waals surface area contributed by atoms with E-state index in [2.05, 4.69) is 5.32 Å². The van der Waals surface area contributed by atoms with Crippen molar-refractivity contribution in [1.82, 2.24) is 5.32 Å². The topological polar surface area (TPSA) is 58.6 Å². The van der Waals surface area contributed by atoms with E-state index in [1.807, 2.05) is 0 Å². The smallest absolute Gasteiger partial charge is 0.327 e. The Morgan fingerprint density at radius 2 is 1.80 bits per heavy atom. The van der Waals surface area contributed by atoms with Crippen LogP contribution in [0.1, 0.15) is 50.1 Å². The molecule has 0 amide bonds. The molecule has 0 bridgehead atoms. The van der Waals surface area contributed by atoms with Gasteiger partial charge >= 0.3 is 5.97 Å². The second-order valence-corrected chi connectivity index (χ2v) is 5.40. The number of ether oxygens (including phenoxy) is 1. The van der Waals surface area contributed by atoms with Crippen LogP contribution in [-0.4, -0.2) is 24.2 Å². The third-order valence-electron chi connectivity index (χ3n) is 3.92. The van der Waals surface area contributed by atoms with Crippen molar-refractivity contribution in [1.29, 1.82) is 0 Å². The van der Waals surface area contributed by atoms with Gasteiger partial charge in [0.25, 0.3) is 0 Å². The van der Waals surface area contributed by atoms with Crippen molar-refractivity contribution in [2.75, 3.05) is 7.11 Å².